The van der Waals surface area contributed by atoms with Crippen molar-refractivity contribution in [1.29, 1.82) is 0 Å². The SMILES string of the molecule is COc1ccc([C@H]2CCCN2C(=O)Cc2nc(-c3ccccc3)oc2C)cc1OC. The molecule has 1 atom stereocenters. The number of nitrogens with zero attached hydrogens (tertiary/aromatic N) is 2. The molecule has 2 aromatic carbocycles. The minimum Gasteiger partial charge on any atom is -0.493 e. The highest BCUT2D eigenvalue weighted by Crippen LogP contribution is 2.37. The first-order valence-corrected chi connectivity index (χ1v) is 10.1. The summed E-state index contributed by atoms with van der Waals surface area (Å²) in [6, 6.07) is 15.6. The van der Waals surface area contributed by atoms with E-state index in [-0.39, 0.29) is 18.4 Å². The van der Waals surface area contributed by atoms with Gasteiger partial charge < -0.3 is 18.8 Å². The molecule has 0 aliphatic carbocycles. The monoisotopic (exact) mass is 406 g/mol. The van der Waals surface area contributed by atoms with E-state index in [9.17, 15) is 4.79 Å². The molecular weight excluding hydrogens is 380 g/mol. The molecule has 1 aromatic heterocycles. The van der Waals surface area contributed by atoms with Crippen LogP contribution in [-0.2, 0) is 11.2 Å². The Kier molecular flexibility index (Phi) is 5.74. The highest BCUT2D eigenvalue weighted by molar-refractivity contribution is 5.79. The second kappa shape index (κ2) is 8.61. The molecule has 30 heavy (non-hydrogen) atoms. The second-order valence-corrected chi connectivity index (χ2v) is 7.42. The quantitative estimate of drug-likeness (QED) is 0.600. The number of hydrogen-bond acceptors (Lipinski definition) is 5. The fourth-order valence-corrected chi connectivity index (χ4v) is 4.01. The lowest BCUT2D eigenvalue weighted by Crippen LogP contribution is -2.32. The summed E-state index contributed by atoms with van der Waals surface area (Å²) in [5.41, 5.74) is 2.65. The van der Waals surface area contributed by atoms with E-state index in [1.165, 1.54) is 0 Å². The van der Waals surface area contributed by atoms with Crippen molar-refractivity contribution in [2.45, 2.75) is 32.2 Å². The van der Waals surface area contributed by atoms with Crippen LogP contribution in [0.25, 0.3) is 11.5 Å². The molecular formula is C24H26N2O4. The molecule has 0 radical (unpaired) electrons. The number of methoxy groups -OCH3 is 2. The topological polar surface area (TPSA) is 64.8 Å². The molecule has 156 valence electrons. The molecule has 3 aromatic rings. The lowest BCUT2D eigenvalue weighted by molar-refractivity contribution is -0.131. The van der Waals surface area contributed by atoms with Crippen LogP contribution in [0.1, 0.15) is 35.9 Å². The number of carbonyl (C=O) groups excluding carboxylic acids is 1. The van der Waals surface area contributed by atoms with Crippen LogP contribution < -0.4 is 9.47 Å². The first-order valence-electron chi connectivity index (χ1n) is 10.1. The predicted octanol–water partition coefficient (Wildman–Crippen LogP) is 4.57. The van der Waals surface area contributed by atoms with Gasteiger partial charge in [0.1, 0.15) is 5.76 Å². The van der Waals surface area contributed by atoms with E-state index in [4.69, 9.17) is 13.9 Å². The Bertz CT molecular complexity index is 1030. The fourth-order valence-electron chi connectivity index (χ4n) is 4.01. The molecule has 1 aliphatic heterocycles. The van der Waals surface area contributed by atoms with Gasteiger partial charge in [-0.2, -0.15) is 0 Å². The van der Waals surface area contributed by atoms with E-state index in [0.717, 1.165) is 30.5 Å². The summed E-state index contributed by atoms with van der Waals surface area (Å²) >= 11 is 0. The number of aryl methyl sites for hydroxylation is 1. The molecule has 1 amide bonds. The first-order chi connectivity index (χ1) is 14.6. The van der Waals surface area contributed by atoms with E-state index < -0.39 is 0 Å². The molecule has 2 heterocycles. The summed E-state index contributed by atoms with van der Waals surface area (Å²) in [5.74, 6) is 2.65. The van der Waals surface area contributed by atoms with Gasteiger partial charge in [0, 0.05) is 12.1 Å². The number of carbonyl (C=O) groups is 1. The number of aromatic nitrogens is 1. The van der Waals surface area contributed by atoms with Gasteiger partial charge in [-0.1, -0.05) is 24.3 Å². The van der Waals surface area contributed by atoms with Gasteiger partial charge in [0.25, 0.3) is 0 Å². The third-order valence-corrected chi connectivity index (χ3v) is 5.60. The number of hydrogen-bond donors (Lipinski definition) is 0. The van der Waals surface area contributed by atoms with Crippen LogP contribution in [-0.4, -0.2) is 36.6 Å². The molecule has 6 nitrogen and oxygen atoms in total. The Balaban J connectivity index is 1.53. The average molecular weight is 406 g/mol. The maximum atomic E-state index is 13.2. The van der Waals surface area contributed by atoms with E-state index in [0.29, 0.717) is 28.8 Å². The third-order valence-electron chi connectivity index (χ3n) is 5.60. The molecule has 0 spiro atoms. The Morgan fingerprint density at radius 1 is 1.13 bits per heavy atom. The largest absolute Gasteiger partial charge is 0.493 e. The Labute approximate surface area is 176 Å². The lowest BCUT2D eigenvalue weighted by atomic mass is 10.0. The first kappa shape index (κ1) is 20.0. The van der Waals surface area contributed by atoms with Crippen LogP contribution in [0.3, 0.4) is 0 Å². The van der Waals surface area contributed by atoms with Crippen LogP contribution in [0.5, 0.6) is 11.5 Å². The highest BCUT2D eigenvalue weighted by atomic mass is 16.5. The minimum atomic E-state index is 0.0260. The molecule has 0 N–H and O–H groups in total. The predicted molar refractivity (Wildman–Crippen MR) is 114 cm³/mol. The summed E-state index contributed by atoms with van der Waals surface area (Å²) in [7, 11) is 3.24. The van der Waals surface area contributed by atoms with Crippen molar-refractivity contribution in [2.75, 3.05) is 20.8 Å². The normalized spacial score (nSPS) is 16.0. The van der Waals surface area contributed by atoms with E-state index in [2.05, 4.69) is 4.98 Å². The Hall–Kier alpha value is -3.28. The van der Waals surface area contributed by atoms with Gasteiger partial charge in [-0.3, -0.25) is 4.79 Å². The third kappa shape index (κ3) is 3.90. The summed E-state index contributed by atoms with van der Waals surface area (Å²) < 4.78 is 16.6. The second-order valence-electron chi connectivity index (χ2n) is 7.42. The maximum absolute atomic E-state index is 13.2. The van der Waals surface area contributed by atoms with Crippen LogP contribution in [0.4, 0.5) is 0 Å². The van der Waals surface area contributed by atoms with E-state index >= 15 is 0 Å². The summed E-state index contributed by atoms with van der Waals surface area (Å²) in [4.78, 5) is 19.7. The zero-order chi connectivity index (χ0) is 21.1. The standard InChI is InChI=1S/C24H26N2O4/c1-16-19(25-24(30-16)17-8-5-4-6-9-17)15-23(27)26-13-7-10-20(26)18-11-12-21(28-2)22(14-18)29-3/h4-6,8-9,11-12,14,20H,7,10,13,15H2,1-3H3/t20-/m1/s1. The van der Waals surface area contributed by atoms with Crippen LogP contribution in [0.2, 0.25) is 0 Å². The minimum absolute atomic E-state index is 0.0260. The average Bonchev–Trinajstić information content (AvgIpc) is 3.41. The summed E-state index contributed by atoms with van der Waals surface area (Å²) in [5, 5.41) is 0. The molecule has 0 saturated carbocycles. The van der Waals surface area contributed by atoms with Gasteiger partial charge in [0.05, 0.1) is 32.4 Å². The van der Waals surface area contributed by atoms with Crippen molar-refractivity contribution in [1.82, 2.24) is 9.88 Å². The van der Waals surface area contributed by atoms with Gasteiger partial charge in [-0.15, -0.1) is 0 Å². The zero-order valence-corrected chi connectivity index (χ0v) is 17.6. The van der Waals surface area contributed by atoms with E-state index in [1.54, 1.807) is 14.2 Å². The van der Waals surface area contributed by atoms with Crippen LogP contribution in [0, 0.1) is 6.92 Å². The Morgan fingerprint density at radius 3 is 2.63 bits per heavy atom. The van der Waals surface area contributed by atoms with Crippen molar-refractivity contribution < 1.29 is 18.7 Å². The molecule has 6 heteroatoms. The number of ether oxygens (including phenoxy) is 2. The van der Waals surface area contributed by atoms with Crippen LogP contribution >= 0.6 is 0 Å². The van der Waals surface area contributed by atoms with Gasteiger partial charge in [-0.25, -0.2) is 4.98 Å². The highest BCUT2D eigenvalue weighted by Gasteiger charge is 2.31. The molecule has 0 bridgehead atoms. The number of amides is 1. The number of likely N-dealkylation sites (tertiary alicyclic amines) is 1. The van der Waals surface area contributed by atoms with Gasteiger partial charge in [0.2, 0.25) is 11.8 Å². The number of oxazole rings is 1. The van der Waals surface area contributed by atoms with Crippen molar-refractivity contribution >= 4 is 5.91 Å². The molecule has 1 saturated heterocycles. The van der Waals surface area contributed by atoms with E-state index in [1.807, 2.05) is 60.4 Å². The smallest absolute Gasteiger partial charge is 0.229 e. The number of benzene rings is 2. The van der Waals surface area contributed by atoms with Crippen molar-refractivity contribution in [2.24, 2.45) is 0 Å². The molecule has 4 rings (SSSR count). The van der Waals surface area contributed by atoms with Crippen molar-refractivity contribution in [3.63, 3.8) is 0 Å². The summed E-state index contributed by atoms with van der Waals surface area (Å²) in [6.45, 7) is 2.60. The van der Waals surface area contributed by atoms with Gasteiger partial charge in [-0.05, 0) is 49.6 Å². The van der Waals surface area contributed by atoms with Crippen LogP contribution in [0.15, 0.2) is 52.9 Å². The fraction of sp³-hybridized carbons (Fsp3) is 0.333. The molecule has 0 unspecified atom stereocenters. The number of rotatable bonds is 6. The Morgan fingerprint density at radius 2 is 1.90 bits per heavy atom. The zero-order valence-electron chi connectivity index (χ0n) is 17.6. The van der Waals surface area contributed by atoms with Gasteiger partial charge in [0.15, 0.2) is 11.5 Å². The molecule has 1 fully saturated rings. The maximum Gasteiger partial charge on any atom is 0.229 e. The lowest BCUT2D eigenvalue weighted by Gasteiger charge is -2.25. The summed E-state index contributed by atoms with van der Waals surface area (Å²) in [6.07, 6.45) is 2.12. The molecule has 1 aliphatic rings. The van der Waals surface area contributed by atoms with Crippen molar-refractivity contribution in [3.8, 4) is 23.0 Å². The van der Waals surface area contributed by atoms with Crippen molar-refractivity contribution in [3.05, 3.63) is 65.5 Å². The van der Waals surface area contributed by atoms with Gasteiger partial charge >= 0.3 is 0 Å².